The number of hydrogen-bond donors (Lipinski definition) is 0. The van der Waals surface area contributed by atoms with Crippen LogP contribution in [-0.2, 0) is 16.1 Å². The second kappa shape index (κ2) is 13.7. The summed E-state index contributed by atoms with van der Waals surface area (Å²) in [6.45, 7) is 2.03. The van der Waals surface area contributed by atoms with Gasteiger partial charge in [0.05, 0.1) is 52.1 Å². The van der Waals surface area contributed by atoms with Crippen molar-refractivity contribution in [1.82, 2.24) is 4.57 Å². The summed E-state index contributed by atoms with van der Waals surface area (Å²) in [5.41, 5.74) is 2.26. The zero-order valence-electron chi connectivity index (χ0n) is 25.5. The first-order valence-electron chi connectivity index (χ1n) is 14.8. The van der Waals surface area contributed by atoms with Crippen molar-refractivity contribution < 1.29 is 23.9 Å². The molecule has 236 valence electrons. The van der Waals surface area contributed by atoms with Gasteiger partial charge in [-0.2, -0.15) is 0 Å². The van der Waals surface area contributed by atoms with Gasteiger partial charge in [-0.15, -0.1) is 0 Å². The van der Waals surface area contributed by atoms with E-state index in [1.54, 1.807) is 6.92 Å². The van der Waals surface area contributed by atoms with Gasteiger partial charge in [0.25, 0.3) is 11.2 Å². The van der Waals surface area contributed by atoms with Gasteiger partial charge in [-0.05, 0) is 30.2 Å². The molecule has 2 heterocycles. The number of ether oxygens (including phenoxy) is 3. The second-order valence-electron chi connectivity index (χ2n) is 10.4. The number of carbonyl (C=O) groups is 1. The quantitative estimate of drug-likeness (QED) is 0.113. The lowest BCUT2D eigenvalue weighted by Crippen LogP contribution is -2.40. The first kappa shape index (κ1) is 31.2. The fourth-order valence-corrected chi connectivity index (χ4v) is 6.37. The van der Waals surface area contributed by atoms with Gasteiger partial charge in [-0.25, -0.2) is 9.79 Å². The molecular formula is C36H29N3O7S. The average molecular weight is 648 g/mol. The lowest BCUT2D eigenvalue weighted by Gasteiger charge is -2.25. The van der Waals surface area contributed by atoms with Crippen LogP contribution in [0.2, 0.25) is 0 Å². The van der Waals surface area contributed by atoms with Gasteiger partial charge in [0.2, 0.25) is 0 Å². The molecule has 0 saturated heterocycles. The third kappa shape index (κ3) is 6.34. The van der Waals surface area contributed by atoms with Crippen LogP contribution < -0.4 is 24.4 Å². The molecule has 0 aliphatic carbocycles. The smallest absolute Gasteiger partial charge is 0.338 e. The third-order valence-corrected chi connectivity index (χ3v) is 8.51. The molecule has 0 bridgehead atoms. The SMILES string of the molecule is CCOC(=O)C1=C(c2ccccc2)N=c2s/c(=C\c3cc(OC)c(OCc4ccccc4)cc3[N+](=O)[O-])c(=O)n2[C@@H]1c1ccccc1. The number of nitro groups is 1. The number of esters is 1. The molecule has 5 aromatic rings. The van der Waals surface area contributed by atoms with Crippen LogP contribution >= 0.6 is 11.3 Å². The summed E-state index contributed by atoms with van der Waals surface area (Å²) < 4.78 is 18.6. The van der Waals surface area contributed by atoms with Crippen LogP contribution in [0.5, 0.6) is 11.5 Å². The fraction of sp³-hybridized carbons (Fsp3) is 0.139. The van der Waals surface area contributed by atoms with Crippen molar-refractivity contribution in [3.8, 4) is 11.5 Å². The van der Waals surface area contributed by atoms with Crippen molar-refractivity contribution in [1.29, 1.82) is 0 Å². The number of fused-ring (bicyclic) bond motifs is 1. The van der Waals surface area contributed by atoms with E-state index >= 15 is 0 Å². The summed E-state index contributed by atoms with van der Waals surface area (Å²) in [7, 11) is 1.44. The number of benzene rings is 4. The second-order valence-corrected chi connectivity index (χ2v) is 11.4. The van der Waals surface area contributed by atoms with Crippen molar-refractivity contribution in [3.05, 3.63) is 161 Å². The Balaban J connectivity index is 1.54. The molecule has 47 heavy (non-hydrogen) atoms. The Morgan fingerprint density at radius 3 is 2.28 bits per heavy atom. The number of aromatic nitrogens is 1. The topological polar surface area (TPSA) is 122 Å². The minimum atomic E-state index is -0.859. The molecule has 0 fully saturated rings. The number of carbonyl (C=O) groups excluding carboxylic acids is 1. The molecule has 0 spiro atoms. The van der Waals surface area contributed by atoms with Crippen LogP contribution in [0.15, 0.2) is 118 Å². The van der Waals surface area contributed by atoms with Gasteiger partial charge in [0.15, 0.2) is 16.3 Å². The summed E-state index contributed by atoms with van der Waals surface area (Å²) in [4.78, 5) is 44.7. The van der Waals surface area contributed by atoms with Crippen LogP contribution in [-0.4, -0.2) is 29.2 Å². The molecule has 1 aliphatic heterocycles. The first-order chi connectivity index (χ1) is 22.9. The molecule has 4 aromatic carbocycles. The van der Waals surface area contributed by atoms with Gasteiger partial charge >= 0.3 is 5.97 Å². The molecule has 0 radical (unpaired) electrons. The predicted octanol–water partition coefficient (Wildman–Crippen LogP) is 5.43. The zero-order valence-corrected chi connectivity index (χ0v) is 26.3. The standard InChI is InChI=1S/C36H29N3O7S/c1-3-45-35(41)31-32(24-15-9-5-10-16-24)37-36-38(33(31)25-17-11-6-12-18-25)34(40)30(47-36)20-26-19-28(44-2)29(21-27(26)39(42)43)46-22-23-13-7-4-8-14-23/h4-21,33H,3,22H2,1-2H3/b30-20-/t33-/m1/s1. The fourth-order valence-electron chi connectivity index (χ4n) is 5.38. The molecule has 1 aliphatic rings. The van der Waals surface area contributed by atoms with Crippen LogP contribution in [0.3, 0.4) is 0 Å². The third-order valence-electron chi connectivity index (χ3n) is 7.52. The number of methoxy groups -OCH3 is 1. The van der Waals surface area contributed by atoms with E-state index in [1.165, 1.54) is 29.9 Å². The summed E-state index contributed by atoms with van der Waals surface area (Å²) in [6.07, 6.45) is 1.45. The van der Waals surface area contributed by atoms with Crippen molar-refractivity contribution in [2.45, 2.75) is 19.6 Å². The minimum Gasteiger partial charge on any atom is -0.493 e. The Kier molecular flexibility index (Phi) is 9.07. The molecule has 10 nitrogen and oxygen atoms in total. The van der Waals surface area contributed by atoms with Crippen molar-refractivity contribution >= 4 is 34.8 Å². The van der Waals surface area contributed by atoms with Crippen LogP contribution in [0, 0.1) is 10.1 Å². The summed E-state index contributed by atoms with van der Waals surface area (Å²) in [6, 6.07) is 29.7. The Labute approximate surface area is 273 Å². The maximum absolute atomic E-state index is 14.2. The van der Waals surface area contributed by atoms with E-state index in [-0.39, 0.29) is 46.1 Å². The van der Waals surface area contributed by atoms with E-state index < -0.39 is 22.5 Å². The number of rotatable bonds is 10. The molecule has 6 rings (SSSR count). The van der Waals surface area contributed by atoms with Crippen LogP contribution in [0.1, 0.15) is 35.2 Å². The Bertz CT molecular complexity index is 2160. The largest absolute Gasteiger partial charge is 0.493 e. The van der Waals surface area contributed by atoms with Gasteiger partial charge in [-0.3, -0.25) is 19.5 Å². The van der Waals surface area contributed by atoms with E-state index in [0.29, 0.717) is 21.6 Å². The lowest BCUT2D eigenvalue weighted by molar-refractivity contribution is -0.385. The average Bonchev–Trinajstić information content (AvgIpc) is 3.41. The van der Waals surface area contributed by atoms with Crippen molar-refractivity contribution in [2.75, 3.05) is 13.7 Å². The van der Waals surface area contributed by atoms with Gasteiger partial charge in [0, 0.05) is 5.56 Å². The first-order valence-corrected chi connectivity index (χ1v) is 15.6. The predicted molar refractivity (Wildman–Crippen MR) is 178 cm³/mol. The summed E-state index contributed by atoms with van der Waals surface area (Å²) >= 11 is 1.07. The van der Waals surface area contributed by atoms with E-state index in [2.05, 4.69) is 0 Å². The number of thiazole rings is 1. The van der Waals surface area contributed by atoms with E-state index in [4.69, 9.17) is 19.2 Å². The van der Waals surface area contributed by atoms with Gasteiger partial charge in [-0.1, -0.05) is 102 Å². The zero-order chi connectivity index (χ0) is 32.9. The number of nitrogens with zero attached hydrogens (tertiary/aromatic N) is 3. The molecule has 0 N–H and O–H groups in total. The highest BCUT2D eigenvalue weighted by Gasteiger charge is 2.35. The molecule has 0 unspecified atom stereocenters. The Morgan fingerprint density at radius 2 is 1.64 bits per heavy atom. The van der Waals surface area contributed by atoms with Crippen molar-refractivity contribution in [3.63, 3.8) is 0 Å². The Morgan fingerprint density at radius 1 is 0.979 bits per heavy atom. The highest BCUT2D eigenvalue weighted by molar-refractivity contribution is 7.07. The molecule has 1 atom stereocenters. The van der Waals surface area contributed by atoms with Gasteiger partial charge in [0.1, 0.15) is 6.61 Å². The molecule has 1 aromatic heterocycles. The molecule has 0 amide bonds. The highest BCUT2D eigenvalue weighted by atomic mass is 32.1. The minimum absolute atomic E-state index is 0.132. The number of hydrogen-bond acceptors (Lipinski definition) is 9. The monoisotopic (exact) mass is 647 g/mol. The molecule has 0 saturated carbocycles. The number of nitro benzene ring substituents is 1. The van der Waals surface area contributed by atoms with E-state index in [0.717, 1.165) is 16.9 Å². The summed E-state index contributed by atoms with van der Waals surface area (Å²) in [5, 5.41) is 12.3. The highest BCUT2D eigenvalue weighted by Crippen LogP contribution is 2.37. The van der Waals surface area contributed by atoms with Crippen LogP contribution in [0.4, 0.5) is 5.69 Å². The maximum atomic E-state index is 14.2. The molecular weight excluding hydrogens is 618 g/mol. The Hall–Kier alpha value is -5.81. The van der Waals surface area contributed by atoms with E-state index in [1.807, 2.05) is 91.0 Å². The normalized spacial score (nSPS) is 14.3. The van der Waals surface area contributed by atoms with Crippen molar-refractivity contribution in [2.24, 2.45) is 4.99 Å². The van der Waals surface area contributed by atoms with Gasteiger partial charge < -0.3 is 14.2 Å². The maximum Gasteiger partial charge on any atom is 0.338 e. The van der Waals surface area contributed by atoms with Crippen LogP contribution in [0.25, 0.3) is 11.8 Å². The molecule has 11 heteroatoms. The summed E-state index contributed by atoms with van der Waals surface area (Å²) in [5.74, 6) is -0.134. The lowest BCUT2D eigenvalue weighted by atomic mass is 9.93. The van der Waals surface area contributed by atoms with E-state index in [9.17, 15) is 19.7 Å².